The molecule has 0 aliphatic rings. The molecule has 6 nitrogen and oxygen atoms in total. The summed E-state index contributed by atoms with van der Waals surface area (Å²) in [7, 11) is -2.41. The number of rotatable bonds is 9. The van der Waals surface area contributed by atoms with Crippen molar-refractivity contribution >= 4 is 33.2 Å². The molecular weight excluding hydrogens is 460 g/mol. The number of carbonyl (C=O) groups excluding carboxylic acids is 1. The molecule has 33 heavy (non-hydrogen) atoms. The average molecular weight is 487 g/mol. The Morgan fingerprint density at radius 3 is 2.15 bits per heavy atom. The van der Waals surface area contributed by atoms with Crippen LogP contribution >= 0.6 is 11.6 Å². The molecule has 0 aromatic heterocycles. The van der Waals surface area contributed by atoms with Crippen LogP contribution in [0.5, 0.6) is 5.75 Å². The van der Waals surface area contributed by atoms with Crippen LogP contribution in [0.3, 0.4) is 0 Å². The zero-order valence-electron chi connectivity index (χ0n) is 18.8. The van der Waals surface area contributed by atoms with E-state index < -0.39 is 15.9 Å². The molecule has 3 rings (SSSR count). The largest absolute Gasteiger partial charge is 0.497 e. The van der Waals surface area contributed by atoms with Gasteiger partial charge in [0, 0.05) is 5.02 Å². The van der Waals surface area contributed by atoms with E-state index in [0.717, 1.165) is 21.2 Å². The van der Waals surface area contributed by atoms with Gasteiger partial charge in [0.15, 0.2) is 0 Å². The van der Waals surface area contributed by atoms with Gasteiger partial charge in [0.1, 0.15) is 12.3 Å². The maximum Gasteiger partial charge on any atom is 0.264 e. The first-order valence-electron chi connectivity index (χ1n) is 10.5. The molecule has 1 amide bonds. The third-order valence-electron chi connectivity index (χ3n) is 5.27. The number of methoxy groups -OCH3 is 1. The van der Waals surface area contributed by atoms with Crippen molar-refractivity contribution < 1.29 is 17.9 Å². The molecule has 0 bridgehead atoms. The lowest BCUT2D eigenvalue weighted by Gasteiger charge is -2.26. The molecular formula is C25H27ClN2O4S. The number of benzene rings is 3. The van der Waals surface area contributed by atoms with E-state index in [1.165, 1.54) is 24.3 Å². The number of sulfonamides is 1. The lowest BCUT2D eigenvalue weighted by molar-refractivity contribution is -0.120. The molecule has 0 heterocycles. The lowest BCUT2D eigenvalue weighted by Crippen LogP contribution is -2.42. The van der Waals surface area contributed by atoms with E-state index in [2.05, 4.69) is 5.32 Å². The molecule has 3 aromatic carbocycles. The first kappa shape index (κ1) is 24.6. The molecule has 174 valence electrons. The van der Waals surface area contributed by atoms with Crippen molar-refractivity contribution in [2.24, 2.45) is 0 Å². The van der Waals surface area contributed by atoms with Gasteiger partial charge in [-0.3, -0.25) is 9.10 Å². The molecule has 0 radical (unpaired) electrons. The van der Waals surface area contributed by atoms with Gasteiger partial charge in [-0.25, -0.2) is 8.42 Å². The molecule has 1 N–H and O–H groups in total. The van der Waals surface area contributed by atoms with E-state index in [4.69, 9.17) is 16.3 Å². The number of anilines is 1. The fraction of sp³-hybridized carbons (Fsp3) is 0.240. The summed E-state index contributed by atoms with van der Waals surface area (Å²) in [5, 5.41) is 3.39. The van der Waals surface area contributed by atoms with Gasteiger partial charge in [0.2, 0.25) is 5.91 Å². The average Bonchev–Trinajstić information content (AvgIpc) is 2.82. The minimum Gasteiger partial charge on any atom is -0.497 e. The quantitative estimate of drug-likeness (QED) is 0.455. The fourth-order valence-electron chi connectivity index (χ4n) is 3.39. The number of ether oxygens (including phenoxy) is 1. The van der Waals surface area contributed by atoms with Crippen molar-refractivity contribution in [2.45, 2.75) is 31.2 Å². The highest BCUT2D eigenvalue weighted by atomic mass is 35.5. The SMILES string of the molecule is CC[C@H](NC(=O)CN(c1ccc(C)cc1)S(=O)(=O)c1ccc(Cl)cc1)c1ccc(OC)cc1. The molecule has 1 atom stereocenters. The van der Waals surface area contributed by atoms with Gasteiger partial charge < -0.3 is 10.1 Å². The fourth-order valence-corrected chi connectivity index (χ4v) is 4.93. The van der Waals surface area contributed by atoms with E-state index in [0.29, 0.717) is 17.1 Å². The van der Waals surface area contributed by atoms with E-state index in [1.807, 2.05) is 50.2 Å². The molecule has 8 heteroatoms. The Morgan fingerprint density at radius 2 is 1.61 bits per heavy atom. The number of hydrogen-bond donors (Lipinski definition) is 1. The molecule has 0 aliphatic carbocycles. The Morgan fingerprint density at radius 1 is 1.00 bits per heavy atom. The number of halogens is 1. The van der Waals surface area contributed by atoms with E-state index in [9.17, 15) is 13.2 Å². The van der Waals surface area contributed by atoms with Crippen LogP contribution in [0.4, 0.5) is 5.69 Å². The Kier molecular flexibility index (Phi) is 8.00. The van der Waals surface area contributed by atoms with Crippen LogP contribution in [-0.2, 0) is 14.8 Å². The van der Waals surface area contributed by atoms with Crippen molar-refractivity contribution in [3.8, 4) is 5.75 Å². The first-order valence-corrected chi connectivity index (χ1v) is 12.3. The molecule has 0 spiro atoms. The lowest BCUT2D eigenvalue weighted by atomic mass is 10.0. The monoisotopic (exact) mass is 486 g/mol. The summed E-state index contributed by atoms with van der Waals surface area (Å²) < 4.78 is 33.2. The minimum atomic E-state index is -4.00. The second kappa shape index (κ2) is 10.7. The Hall–Kier alpha value is -3.03. The zero-order valence-corrected chi connectivity index (χ0v) is 20.4. The third-order valence-corrected chi connectivity index (χ3v) is 7.31. The van der Waals surface area contributed by atoms with Crippen molar-refractivity contribution in [1.82, 2.24) is 5.32 Å². The van der Waals surface area contributed by atoms with Crippen molar-refractivity contribution in [3.05, 3.63) is 88.9 Å². The van der Waals surface area contributed by atoms with Crippen LogP contribution in [0.2, 0.25) is 5.02 Å². The second-order valence-electron chi connectivity index (χ2n) is 7.60. The summed E-state index contributed by atoms with van der Waals surface area (Å²) >= 11 is 5.93. The molecule has 3 aromatic rings. The van der Waals surface area contributed by atoms with Crippen molar-refractivity contribution in [2.75, 3.05) is 18.0 Å². The van der Waals surface area contributed by atoms with Gasteiger partial charge in [-0.1, -0.05) is 48.4 Å². The highest BCUT2D eigenvalue weighted by Crippen LogP contribution is 2.26. The predicted octanol–water partition coefficient (Wildman–Crippen LogP) is 5.12. The summed E-state index contributed by atoms with van der Waals surface area (Å²) in [6.07, 6.45) is 0.645. The molecule has 0 saturated carbocycles. The molecule has 0 aliphatic heterocycles. The van der Waals surface area contributed by atoms with Crippen molar-refractivity contribution in [3.63, 3.8) is 0 Å². The Labute approximate surface area is 200 Å². The smallest absolute Gasteiger partial charge is 0.264 e. The highest BCUT2D eigenvalue weighted by molar-refractivity contribution is 7.92. The summed E-state index contributed by atoms with van der Waals surface area (Å²) in [5.41, 5.74) is 2.30. The molecule has 0 unspecified atom stereocenters. The number of nitrogens with zero attached hydrogens (tertiary/aromatic N) is 1. The van der Waals surface area contributed by atoms with Crippen LogP contribution in [0.1, 0.15) is 30.5 Å². The van der Waals surface area contributed by atoms with Crippen molar-refractivity contribution in [1.29, 1.82) is 0 Å². The van der Waals surface area contributed by atoms with Crippen LogP contribution in [0.15, 0.2) is 77.7 Å². The van der Waals surface area contributed by atoms with Crippen LogP contribution in [0, 0.1) is 6.92 Å². The first-order chi connectivity index (χ1) is 15.7. The number of aryl methyl sites for hydroxylation is 1. The normalized spacial score (nSPS) is 12.1. The van der Waals surface area contributed by atoms with Gasteiger partial charge in [0.05, 0.1) is 23.7 Å². The van der Waals surface area contributed by atoms with Gasteiger partial charge in [0.25, 0.3) is 10.0 Å². The van der Waals surface area contributed by atoms with Crippen LogP contribution < -0.4 is 14.4 Å². The Bertz CT molecular complexity index is 1180. The number of hydrogen-bond acceptors (Lipinski definition) is 4. The summed E-state index contributed by atoms with van der Waals surface area (Å²) in [6, 6.07) is 20.1. The summed E-state index contributed by atoms with van der Waals surface area (Å²) in [5.74, 6) is 0.315. The van der Waals surface area contributed by atoms with Gasteiger partial charge in [-0.05, 0) is 67.4 Å². The van der Waals surface area contributed by atoms with E-state index in [1.54, 1.807) is 19.2 Å². The maximum absolute atomic E-state index is 13.4. The van der Waals surface area contributed by atoms with E-state index >= 15 is 0 Å². The second-order valence-corrected chi connectivity index (χ2v) is 9.90. The minimum absolute atomic E-state index is 0.0578. The van der Waals surface area contributed by atoms with Gasteiger partial charge in [-0.2, -0.15) is 0 Å². The predicted molar refractivity (Wildman–Crippen MR) is 131 cm³/mol. The highest BCUT2D eigenvalue weighted by Gasteiger charge is 2.28. The molecule has 0 saturated heterocycles. The van der Waals surface area contributed by atoms with E-state index in [-0.39, 0.29) is 17.5 Å². The number of nitrogens with one attached hydrogen (secondary N) is 1. The van der Waals surface area contributed by atoms with Gasteiger partial charge in [-0.15, -0.1) is 0 Å². The summed E-state index contributed by atoms with van der Waals surface area (Å²) in [6.45, 7) is 3.51. The zero-order chi connectivity index (χ0) is 24.0. The number of amides is 1. The summed E-state index contributed by atoms with van der Waals surface area (Å²) in [4.78, 5) is 13.1. The topological polar surface area (TPSA) is 75.7 Å². The molecule has 0 fully saturated rings. The maximum atomic E-state index is 13.4. The van der Waals surface area contributed by atoms with Crippen LogP contribution in [0.25, 0.3) is 0 Å². The Balaban J connectivity index is 1.88. The van der Waals surface area contributed by atoms with Gasteiger partial charge >= 0.3 is 0 Å². The standard InChI is InChI=1S/C25H27ClN2O4S/c1-4-24(19-7-13-22(32-3)14-8-19)27-25(29)17-28(21-11-5-18(2)6-12-21)33(30,31)23-15-9-20(26)10-16-23/h5-16,24H,4,17H2,1-3H3,(H,27,29)/t24-/m0/s1. The van der Waals surface area contributed by atoms with Crippen LogP contribution in [-0.4, -0.2) is 28.0 Å². The third kappa shape index (κ3) is 6.06. The number of carbonyl (C=O) groups is 1.